The van der Waals surface area contributed by atoms with Crippen LogP contribution in [-0.4, -0.2) is 15.8 Å². The van der Waals surface area contributed by atoms with Gasteiger partial charge in [0.1, 0.15) is 0 Å². The predicted octanol–water partition coefficient (Wildman–Crippen LogP) is 3.45. The van der Waals surface area contributed by atoms with Crippen molar-refractivity contribution in [2.24, 2.45) is 0 Å². The average molecular weight is 262 g/mol. The zero-order valence-corrected chi connectivity index (χ0v) is 11.0. The van der Waals surface area contributed by atoms with E-state index >= 15 is 0 Å². The molecule has 0 saturated heterocycles. The third-order valence-electron chi connectivity index (χ3n) is 3.29. The van der Waals surface area contributed by atoms with Gasteiger partial charge in [-0.05, 0) is 42.3 Å². The number of fused-ring (bicyclic) bond motifs is 1. The van der Waals surface area contributed by atoms with Gasteiger partial charge in [-0.3, -0.25) is 14.8 Å². The summed E-state index contributed by atoms with van der Waals surface area (Å²) < 4.78 is 0. The monoisotopic (exact) mass is 262 g/mol. The molecule has 20 heavy (non-hydrogen) atoms. The molecule has 1 aromatic carbocycles. The number of carbonyl (C=O) groups is 1. The van der Waals surface area contributed by atoms with Gasteiger partial charge in [-0.25, -0.2) is 0 Å². The minimum Gasteiger partial charge on any atom is -0.294 e. The van der Waals surface area contributed by atoms with E-state index in [0.29, 0.717) is 6.42 Å². The third-order valence-corrected chi connectivity index (χ3v) is 3.29. The Labute approximate surface area is 117 Å². The van der Waals surface area contributed by atoms with Crippen LogP contribution in [0.25, 0.3) is 10.9 Å². The Morgan fingerprint density at radius 3 is 2.80 bits per heavy atom. The molecule has 0 atom stereocenters. The molecule has 0 N–H and O–H groups in total. The highest BCUT2D eigenvalue weighted by atomic mass is 16.1. The first-order valence-corrected chi connectivity index (χ1v) is 6.60. The fourth-order valence-corrected chi connectivity index (χ4v) is 2.20. The molecule has 0 fully saturated rings. The van der Waals surface area contributed by atoms with Gasteiger partial charge in [-0.15, -0.1) is 0 Å². The van der Waals surface area contributed by atoms with Gasteiger partial charge in [0, 0.05) is 36.0 Å². The minimum atomic E-state index is 0.152. The van der Waals surface area contributed by atoms with Gasteiger partial charge in [0.15, 0.2) is 5.78 Å². The van der Waals surface area contributed by atoms with Crippen molar-refractivity contribution in [2.75, 3.05) is 0 Å². The number of benzene rings is 1. The molecule has 0 bridgehead atoms. The number of rotatable bonds is 4. The summed E-state index contributed by atoms with van der Waals surface area (Å²) in [7, 11) is 0. The Bertz CT molecular complexity index is 738. The van der Waals surface area contributed by atoms with E-state index in [0.717, 1.165) is 28.5 Å². The van der Waals surface area contributed by atoms with Crippen molar-refractivity contribution in [2.45, 2.75) is 12.8 Å². The summed E-state index contributed by atoms with van der Waals surface area (Å²) in [4.78, 5) is 20.5. The van der Waals surface area contributed by atoms with Gasteiger partial charge in [0.2, 0.25) is 0 Å². The summed E-state index contributed by atoms with van der Waals surface area (Å²) in [5.74, 6) is 0.152. The Morgan fingerprint density at radius 1 is 1.05 bits per heavy atom. The van der Waals surface area contributed by atoms with Crippen molar-refractivity contribution in [1.82, 2.24) is 9.97 Å². The molecule has 0 spiro atoms. The molecule has 0 aliphatic rings. The van der Waals surface area contributed by atoms with Crippen molar-refractivity contribution >= 4 is 16.7 Å². The zero-order chi connectivity index (χ0) is 13.8. The van der Waals surface area contributed by atoms with E-state index in [9.17, 15) is 4.79 Å². The maximum Gasteiger partial charge on any atom is 0.163 e. The number of ketones is 1. The van der Waals surface area contributed by atoms with Crippen LogP contribution in [0.3, 0.4) is 0 Å². The number of carbonyl (C=O) groups excluding carboxylic acids is 1. The van der Waals surface area contributed by atoms with Crippen LogP contribution < -0.4 is 0 Å². The first-order chi connectivity index (χ1) is 9.83. The molecule has 0 saturated carbocycles. The molecule has 3 rings (SSSR count). The zero-order valence-electron chi connectivity index (χ0n) is 11.0. The highest BCUT2D eigenvalue weighted by Gasteiger charge is 2.07. The highest BCUT2D eigenvalue weighted by Crippen LogP contribution is 2.15. The smallest absolute Gasteiger partial charge is 0.163 e. The van der Waals surface area contributed by atoms with E-state index in [-0.39, 0.29) is 5.78 Å². The summed E-state index contributed by atoms with van der Waals surface area (Å²) in [6.07, 6.45) is 6.51. The van der Waals surface area contributed by atoms with Gasteiger partial charge in [0.05, 0.1) is 5.52 Å². The molecule has 2 aromatic heterocycles. The molecule has 0 unspecified atom stereocenters. The van der Waals surface area contributed by atoms with Gasteiger partial charge >= 0.3 is 0 Å². The van der Waals surface area contributed by atoms with E-state index in [4.69, 9.17) is 0 Å². The summed E-state index contributed by atoms with van der Waals surface area (Å²) >= 11 is 0. The van der Waals surface area contributed by atoms with Crippen LogP contribution in [0.2, 0.25) is 0 Å². The lowest BCUT2D eigenvalue weighted by Crippen LogP contribution is -2.01. The number of pyridine rings is 2. The van der Waals surface area contributed by atoms with E-state index in [1.54, 1.807) is 18.6 Å². The molecule has 98 valence electrons. The third kappa shape index (κ3) is 2.72. The van der Waals surface area contributed by atoms with Crippen LogP contribution in [0.5, 0.6) is 0 Å². The van der Waals surface area contributed by atoms with Gasteiger partial charge in [0.25, 0.3) is 0 Å². The SMILES string of the molecule is O=C(CCc1cccnc1)c1ccc2ncccc2c1. The van der Waals surface area contributed by atoms with Crippen molar-refractivity contribution in [3.63, 3.8) is 0 Å². The molecule has 3 aromatic rings. The topological polar surface area (TPSA) is 42.9 Å². The first kappa shape index (κ1) is 12.5. The van der Waals surface area contributed by atoms with Gasteiger partial charge in [-0.1, -0.05) is 12.1 Å². The molecule has 0 amide bonds. The lowest BCUT2D eigenvalue weighted by Gasteiger charge is -2.03. The van der Waals surface area contributed by atoms with E-state index < -0.39 is 0 Å². The summed E-state index contributed by atoms with van der Waals surface area (Å²) in [6.45, 7) is 0. The normalized spacial score (nSPS) is 10.6. The predicted molar refractivity (Wildman–Crippen MR) is 78.6 cm³/mol. The summed E-state index contributed by atoms with van der Waals surface area (Å²) in [5.41, 5.74) is 2.74. The number of aryl methyl sites for hydroxylation is 1. The molecule has 2 heterocycles. The van der Waals surface area contributed by atoms with Crippen molar-refractivity contribution in [3.8, 4) is 0 Å². The number of nitrogens with zero attached hydrogens (tertiary/aromatic N) is 2. The Hall–Kier alpha value is -2.55. The Morgan fingerprint density at radius 2 is 1.95 bits per heavy atom. The fraction of sp³-hybridized carbons (Fsp3) is 0.118. The molecular formula is C17H14N2O. The van der Waals surface area contributed by atoms with Crippen LogP contribution in [0.4, 0.5) is 0 Å². The van der Waals surface area contributed by atoms with Gasteiger partial charge in [-0.2, -0.15) is 0 Å². The molecule has 0 radical (unpaired) electrons. The first-order valence-electron chi connectivity index (χ1n) is 6.60. The lowest BCUT2D eigenvalue weighted by molar-refractivity contribution is 0.0983. The summed E-state index contributed by atoms with van der Waals surface area (Å²) in [5, 5.41) is 1.000. The van der Waals surface area contributed by atoms with Crippen LogP contribution in [0.1, 0.15) is 22.3 Å². The minimum absolute atomic E-state index is 0.152. The highest BCUT2D eigenvalue weighted by molar-refractivity contribution is 5.99. The molecule has 3 heteroatoms. The number of hydrogen-bond donors (Lipinski definition) is 0. The van der Waals surface area contributed by atoms with Crippen LogP contribution in [0, 0.1) is 0 Å². The van der Waals surface area contributed by atoms with E-state index in [1.807, 2.05) is 42.5 Å². The van der Waals surface area contributed by atoms with E-state index in [1.165, 1.54) is 0 Å². The largest absolute Gasteiger partial charge is 0.294 e. The molecule has 3 nitrogen and oxygen atoms in total. The molecule has 0 aliphatic heterocycles. The second-order valence-electron chi connectivity index (χ2n) is 4.70. The number of Topliss-reactive ketones (excluding diaryl/α,β-unsaturated/α-hetero) is 1. The Balaban J connectivity index is 1.75. The second-order valence-corrected chi connectivity index (χ2v) is 4.70. The average Bonchev–Trinajstić information content (AvgIpc) is 2.53. The van der Waals surface area contributed by atoms with Crippen LogP contribution in [-0.2, 0) is 6.42 Å². The fourth-order valence-electron chi connectivity index (χ4n) is 2.20. The number of hydrogen-bond acceptors (Lipinski definition) is 3. The Kier molecular flexibility index (Phi) is 3.50. The maximum absolute atomic E-state index is 12.2. The maximum atomic E-state index is 12.2. The van der Waals surface area contributed by atoms with Crippen LogP contribution in [0.15, 0.2) is 61.1 Å². The molecular weight excluding hydrogens is 248 g/mol. The number of aromatic nitrogens is 2. The van der Waals surface area contributed by atoms with Crippen molar-refractivity contribution in [1.29, 1.82) is 0 Å². The van der Waals surface area contributed by atoms with Gasteiger partial charge < -0.3 is 0 Å². The van der Waals surface area contributed by atoms with E-state index in [2.05, 4.69) is 9.97 Å². The van der Waals surface area contributed by atoms with Crippen molar-refractivity contribution < 1.29 is 4.79 Å². The summed E-state index contributed by atoms with van der Waals surface area (Å²) in [6, 6.07) is 13.4. The standard InChI is InChI=1S/C17H14N2O/c20-17(8-5-13-3-1-9-18-12-13)15-6-7-16-14(11-15)4-2-10-19-16/h1-4,6-7,9-12H,5,8H2. The van der Waals surface area contributed by atoms with Crippen molar-refractivity contribution in [3.05, 3.63) is 72.2 Å². The second kappa shape index (κ2) is 5.61. The lowest BCUT2D eigenvalue weighted by atomic mass is 10.0. The quantitative estimate of drug-likeness (QED) is 0.676. The van der Waals surface area contributed by atoms with Crippen LogP contribution >= 0.6 is 0 Å². The molecule has 0 aliphatic carbocycles.